The van der Waals surface area contributed by atoms with Crippen LogP contribution in [0.25, 0.3) is 10.9 Å². The van der Waals surface area contributed by atoms with Crippen LogP contribution in [0.3, 0.4) is 0 Å². The molecule has 0 saturated carbocycles. The van der Waals surface area contributed by atoms with Crippen LogP contribution in [0, 0.1) is 0 Å². The van der Waals surface area contributed by atoms with E-state index < -0.39 is 23.9 Å². The summed E-state index contributed by atoms with van der Waals surface area (Å²) in [6.45, 7) is 0.394. The Kier molecular flexibility index (Phi) is 10.9. The van der Waals surface area contributed by atoms with Gasteiger partial charge in [0.2, 0.25) is 5.91 Å². The Morgan fingerprint density at radius 2 is 1.63 bits per heavy atom. The number of nitrogens with one attached hydrogen (secondary N) is 3. The molecule has 0 spiro atoms. The van der Waals surface area contributed by atoms with Gasteiger partial charge in [-0.3, -0.25) is 14.4 Å². The molecule has 0 aliphatic carbocycles. The highest BCUT2D eigenvalue weighted by atomic mass is 16.5. The summed E-state index contributed by atoms with van der Waals surface area (Å²) in [6.07, 6.45) is 0.633. The zero-order valence-electron chi connectivity index (χ0n) is 24.3. The minimum atomic E-state index is -0.902. The Morgan fingerprint density at radius 1 is 0.907 bits per heavy atom. The van der Waals surface area contributed by atoms with E-state index in [4.69, 9.17) is 9.47 Å². The SMILES string of the molecule is COC(=O)CCc1ccccc1NC(=O)[C@H](CCCNC(=O)OCc1ccccc1)NC(=O)c1cc2ccccc2n1C. The molecule has 0 radical (unpaired) electrons. The summed E-state index contributed by atoms with van der Waals surface area (Å²) in [6, 6.07) is 25.0. The molecule has 1 heterocycles. The molecule has 3 amide bonds. The second-order valence-corrected chi connectivity index (χ2v) is 10.0. The molecule has 0 saturated heterocycles. The van der Waals surface area contributed by atoms with Crippen molar-refractivity contribution in [1.82, 2.24) is 15.2 Å². The van der Waals surface area contributed by atoms with Gasteiger partial charge >= 0.3 is 12.1 Å². The molecule has 1 atom stereocenters. The highest BCUT2D eigenvalue weighted by molar-refractivity contribution is 6.03. The van der Waals surface area contributed by atoms with E-state index in [1.165, 1.54) is 7.11 Å². The minimum absolute atomic E-state index is 0.147. The number of amides is 3. The van der Waals surface area contributed by atoms with Crippen molar-refractivity contribution < 1.29 is 28.7 Å². The van der Waals surface area contributed by atoms with Crippen molar-refractivity contribution in [3.8, 4) is 0 Å². The number of carbonyl (C=O) groups excluding carboxylic acids is 4. The van der Waals surface area contributed by atoms with Crippen molar-refractivity contribution in [2.24, 2.45) is 7.05 Å². The Morgan fingerprint density at radius 3 is 2.40 bits per heavy atom. The van der Waals surface area contributed by atoms with E-state index in [0.29, 0.717) is 24.2 Å². The fourth-order valence-electron chi connectivity index (χ4n) is 4.70. The van der Waals surface area contributed by atoms with Crippen LogP contribution in [-0.4, -0.2) is 48.1 Å². The average Bonchev–Trinajstić information content (AvgIpc) is 3.37. The van der Waals surface area contributed by atoms with Crippen LogP contribution in [0.1, 0.15) is 40.9 Å². The maximum atomic E-state index is 13.5. The number of esters is 1. The second kappa shape index (κ2) is 15.2. The first-order valence-electron chi connectivity index (χ1n) is 14.1. The van der Waals surface area contributed by atoms with Crippen LogP contribution >= 0.6 is 0 Å². The van der Waals surface area contributed by atoms with E-state index in [9.17, 15) is 19.2 Å². The van der Waals surface area contributed by atoms with E-state index in [2.05, 4.69) is 16.0 Å². The molecular formula is C33H36N4O6. The van der Waals surface area contributed by atoms with E-state index in [-0.39, 0.29) is 32.0 Å². The topological polar surface area (TPSA) is 128 Å². The van der Waals surface area contributed by atoms with Crippen LogP contribution in [-0.2, 0) is 39.1 Å². The lowest BCUT2D eigenvalue weighted by atomic mass is 10.1. The number of hydrogen-bond donors (Lipinski definition) is 3. The zero-order chi connectivity index (χ0) is 30.6. The summed E-state index contributed by atoms with van der Waals surface area (Å²) >= 11 is 0. The minimum Gasteiger partial charge on any atom is -0.469 e. The molecule has 3 N–H and O–H groups in total. The second-order valence-electron chi connectivity index (χ2n) is 10.0. The molecule has 224 valence electrons. The van der Waals surface area contributed by atoms with E-state index in [1.807, 2.05) is 66.7 Å². The number of alkyl carbamates (subject to hydrolysis) is 1. The van der Waals surface area contributed by atoms with Crippen molar-refractivity contribution in [3.05, 3.63) is 102 Å². The lowest BCUT2D eigenvalue weighted by Crippen LogP contribution is -2.44. The van der Waals surface area contributed by atoms with Crippen LogP contribution in [0.4, 0.5) is 10.5 Å². The summed E-state index contributed by atoms with van der Waals surface area (Å²) in [5.41, 5.74) is 3.49. The molecule has 0 bridgehead atoms. The fourth-order valence-corrected chi connectivity index (χ4v) is 4.70. The predicted octanol–water partition coefficient (Wildman–Crippen LogP) is 4.73. The van der Waals surface area contributed by atoms with Gasteiger partial charge in [0.1, 0.15) is 18.3 Å². The maximum Gasteiger partial charge on any atom is 0.407 e. The van der Waals surface area contributed by atoms with Crippen LogP contribution in [0.15, 0.2) is 84.9 Å². The molecule has 0 aliphatic rings. The molecule has 0 unspecified atom stereocenters. The van der Waals surface area contributed by atoms with Gasteiger partial charge in [-0.05, 0) is 48.6 Å². The van der Waals surface area contributed by atoms with E-state index in [0.717, 1.165) is 22.0 Å². The number of ether oxygens (including phenoxy) is 2. The number of aromatic nitrogens is 1. The van der Waals surface area contributed by atoms with Gasteiger partial charge in [0.25, 0.3) is 5.91 Å². The van der Waals surface area contributed by atoms with Crippen LogP contribution in [0.2, 0.25) is 0 Å². The Labute approximate surface area is 250 Å². The average molecular weight is 585 g/mol. The summed E-state index contributed by atoms with van der Waals surface area (Å²) in [5.74, 6) is -1.16. The number of anilines is 1. The number of aryl methyl sites for hydroxylation is 2. The van der Waals surface area contributed by atoms with Gasteiger partial charge < -0.3 is 30.0 Å². The molecule has 10 nitrogen and oxygen atoms in total. The molecule has 43 heavy (non-hydrogen) atoms. The van der Waals surface area contributed by atoms with Gasteiger partial charge in [-0.1, -0.05) is 66.7 Å². The first-order chi connectivity index (χ1) is 20.9. The number of carbonyl (C=O) groups is 4. The van der Waals surface area contributed by atoms with Crippen molar-refractivity contribution >= 4 is 40.5 Å². The lowest BCUT2D eigenvalue weighted by molar-refractivity contribution is -0.140. The molecule has 4 rings (SSSR count). The van der Waals surface area contributed by atoms with Gasteiger partial charge in [-0.2, -0.15) is 0 Å². The summed E-state index contributed by atoms with van der Waals surface area (Å²) in [4.78, 5) is 50.8. The van der Waals surface area contributed by atoms with Crippen molar-refractivity contribution in [1.29, 1.82) is 0 Å². The lowest BCUT2D eigenvalue weighted by Gasteiger charge is -2.20. The first-order valence-corrected chi connectivity index (χ1v) is 14.1. The fraction of sp³-hybridized carbons (Fsp3) is 0.273. The number of methoxy groups -OCH3 is 1. The summed E-state index contributed by atoms with van der Waals surface area (Å²) in [7, 11) is 3.13. The molecule has 4 aromatic rings. The smallest absolute Gasteiger partial charge is 0.407 e. The van der Waals surface area contributed by atoms with Gasteiger partial charge in [-0.25, -0.2) is 4.79 Å². The van der Waals surface area contributed by atoms with Crippen LogP contribution < -0.4 is 16.0 Å². The Hall–Kier alpha value is -5.12. The summed E-state index contributed by atoms with van der Waals surface area (Å²) < 4.78 is 11.8. The first kappa shape index (κ1) is 30.8. The van der Waals surface area contributed by atoms with Crippen molar-refractivity contribution in [2.75, 3.05) is 19.0 Å². The molecule has 10 heteroatoms. The molecule has 1 aromatic heterocycles. The Balaban J connectivity index is 1.42. The number of fused-ring (bicyclic) bond motifs is 1. The van der Waals surface area contributed by atoms with Gasteiger partial charge in [-0.15, -0.1) is 0 Å². The molecular weight excluding hydrogens is 548 g/mol. The highest BCUT2D eigenvalue weighted by Gasteiger charge is 2.24. The van der Waals surface area contributed by atoms with Crippen molar-refractivity contribution in [2.45, 2.75) is 38.3 Å². The van der Waals surface area contributed by atoms with E-state index in [1.54, 1.807) is 29.8 Å². The largest absolute Gasteiger partial charge is 0.469 e. The monoisotopic (exact) mass is 584 g/mol. The quantitative estimate of drug-likeness (QED) is 0.154. The van der Waals surface area contributed by atoms with Gasteiger partial charge in [0.05, 0.1) is 7.11 Å². The molecule has 3 aromatic carbocycles. The zero-order valence-corrected chi connectivity index (χ0v) is 24.3. The third-order valence-corrected chi connectivity index (χ3v) is 7.06. The standard InChI is InChI=1S/C33H36N4O6/c1-37-28-17-9-7-14-25(28)21-29(37)32(40)36-27(16-10-20-34-33(41)43-22-23-11-4-3-5-12-23)31(39)35-26-15-8-6-13-24(26)18-19-30(38)42-2/h3-9,11-15,17,21,27H,10,16,18-20,22H2,1-2H3,(H,34,41)(H,35,39)(H,36,40)/t27-/m0/s1. The van der Waals surface area contributed by atoms with Gasteiger partial charge in [0, 0.05) is 36.6 Å². The Bertz CT molecular complexity index is 1570. The van der Waals surface area contributed by atoms with Crippen molar-refractivity contribution in [3.63, 3.8) is 0 Å². The molecule has 0 fully saturated rings. The van der Waals surface area contributed by atoms with Crippen LogP contribution in [0.5, 0.6) is 0 Å². The normalized spacial score (nSPS) is 11.4. The number of rotatable bonds is 13. The third kappa shape index (κ3) is 8.68. The maximum absolute atomic E-state index is 13.5. The number of nitrogens with zero attached hydrogens (tertiary/aromatic N) is 1. The molecule has 0 aliphatic heterocycles. The van der Waals surface area contributed by atoms with Gasteiger partial charge in [0.15, 0.2) is 0 Å². The number of para-hydroxylation sites is 2. The third-order valence-electron chi connectivity index (χ3n) is 7.06. The summed E-state index contributed by atoms with van der Waals surface area (Å²) in [5, 5.41) is 9.40. The predicted molar refractivity (Wildman–Crippen MR) is 163 cm³/mol. The number of hydrogen-bond acceptors (Lipinski definition) is 6. The number of benzene rings is 3. The van der Waals surface area contributed by atoms with E-state index >= 15 is 0 Å². The highest BCUT2D eigenvalue weighted by Crippen LogP contribution is 2.20.